The molecule has 0 N–H and O–H groups in total. The van der Waals surface area contributed by atoms with Crippen LogP contribution in [0.15, 0.2) is 28.7 Å². The van der Waals surface area contributed by atoms with Gasteiger partial charge in [0.05, 0.1) is 0 Å². The van der Waals surface area contributed by atoms with Crippen molar-refractivity contribution < 1.29 is 9.21 Å². The number of aromatic nitrogens is 2. The van der Waals surface area contributed by atoms with Crippen molar-refractivity contribution in [2.24, 2.45) is 0 Å². The van der Waals surface area contributed by atoms with Crippen molar-refractivity contribution in [3.05, 3.63) is 41.6 Å². The molecule has 0 aliphatic carbocycles. The molecule has 1 atom stereocenters. The number of hydrogen-bond donors (Lipinski definition) is 0. The Balaban J connectivity index is 1.94. The number of amides is 1. The van der Waals surface area contributed by atoms with Crippen LogP contribution in [-0.2, 0) is 6.42 Å². The van der Waals surface area contributed by atoms with E-state index in [4.69, 9.17) is 4.42 Å². The molecular weight excluding hydrogens is 254 g/mol. The second-order valence-corrected chi connectivity index (χ2v) is 5.46. The summed E-state index contributed by atoms with van der Waals surface area (Å²) in [6.45, 7) is 5.93. The van der Waals surface area contributed by atoms with Gasteiger partial charge < -0.3 is 9.32 Å². The molecule has 1 aromatic carbocycles. The van der Waals surface area contributed by atoms with Crippen molar-refractivity contribution in [2.45, 2.75) is 39.2 Å². The molecule has 1 aromatic heterocycles. The predicted molar refractivity (Wildman–Crippen MR) is 74.8 cm³/mol. The second-order valence-electron chi connectivity index (χ2n) is 5.46. The molecule has 0 bridgehead atoms. The Bertz CT molecular complexity index is 648. The zero-order chi connectivity index (χ0) is 14.3. The minimum atomic E-state index is -0.221. The Morgan fingerprint density at radius 1 is 1.35 bits per heavy atom. The summed E-state index contributed by atoms with van der Waals surface area (Å²) in [5, 5.41) is 7.81. The third-order valence-electron chi connectivity index (χ3n) is 3.54. The molecule has 0 saturated heterocycles. The van der Waals surface area contributed by atoms with Crippen LogP contribution in [0.5, 0.6) is 0 Å². The maximum Gasteiger partial charge on any atom is 0.316 e. The zero-order valence-electron chi connectivity index (χ0n) is 11.8. The Morgan fingerprint density at radius 3 is 2.80 bits per heavy atom. The van der Waals surface area contributed by atoms with E-state index >= 15 is 0 Å². The largest absolute Gasteiger partial charge is 0.417 e. The molecule has 1 aliphatic rings. The molecule has 0 fully saturated rings. The van der Waals surface area contributed by atoms with E-state index in [1.54, 1.807) is 4.90 Å². The first-order valence-corrected chi connectivity index (χ1v) is 6.82. The lowest BCUT2D eigenvalue weighted by Gasteiger charge is -2.20. The number of fused-ring (bicyclic) bond motifs is 1. The summed E-state index contributed by atoms with van der Waals surface area (Å²) in [4.78, 5) is 14.3. The van der Waals surface area contributed by atoms with Crippen molar-refractivity contribution in [3.63, 3.8) is 0 Å². The molecule has 3 rings (SSSR count). The van der Waals surface area contributed by atoms with Crippen molar-refractivity contribution in [1.82, 2.24) is 10.2 Å². The first kappa shape index (κ1) is 12.8. The lowest BCUT2D eigenvalue weighted by Crippen LogP contribution is -2.35. The van der Waals surface area contributed by atoms with E-state index in [1.807, 2.05) is 45.0 Å². The van der Waals surface area contributed by atoms with Crippen LogP contribution in [0.25, 0.3) is 0 Å². The summed E-state index contributed by atoms with van der Waals surface area (Å²) in [7, 11) is 0. The van der Waals surface area contributed by atoms with Crippen LogP contribution < -0.4 is 4.90 Å². The standard InChI is InChI=1S/C15H17N3O2/c1-9(2)13-16-17-14(20-13)15(19)18-10(3)8-11-6-4-5-7-12(11)18/h4-7,9-10H,8H2,1-3H3. The van der Waals surface area contributed by atoms with Crippen molar-refractivity contribution >= 4 is 11.6 Å². The minimum Gasteiger partial charge on any atom is -0.417 e. The highest BCUT2D eigenvalue weighted by Gasteiger charge is 2.34. The molecule has 1 unspecified atom stereocenters. The summed E-state index contributed by atoms with van der Waals surface area (Å²) in [6.07, 6.45) is 0.854. The molecule has 1 amide bonds. The van der Waals surface area contributed by atoms with E-state index in [-0.39, 0.29) is 23.8 Å². The average Bonchev–Trinajstić information content (AvgIpc) is 3.01. The van der Waals surface area contributed by atoms with Crippen LogP contribution in [-0.4, -0.2) is 22.1 Å². The molecule has 20 heavy (non-hydrogen) atoms. The van der Waals surface area contributed by atoms with E-state index in [1.165, 1.54) is 5.56 Å². The van der Waals surface area contributed by atoms with Crippen LogP contribution in [0.1, 0.15) is 48.8 Å². The number of para-hydroxylation sites is 1. The summed E-state index contributed by atoms with van der Waals surface area (Å²) < 4.78 is 5.47. The van der Waals surface area contributed by atoms with Crippen LogP contribution >= 0.6 is 0 Å². The van der Waals surface area contributed by atoms with Crippen LogP contribution in [0.4, 0.5) is 5.69 Å². The molecule has 0 spiro atoms. The van der Waals surface area contributed by atoms with Crippen molar-refractivity contribution in [2.75, 3.05) is 4.90 Å². The molecule has 5 nitrogen and oxygen atoms in total. The van der Waals surface area contributed by atoms with Gasteiger partial charge in [-0.2, -0.15) is 0 Å². The Morgan fingerprint density at radius 2 is 2.10 bits per heavy atom. The van der Waals surface area contributed by atoms with Crippen LogP contribution in [0.3, 0.4) is 0 Å². The molecule has 2 aromatic rings. The van der Waals surface area contributed by atoms with Gasteiger partial charge in [-0.25, -0.2) is 0 Å². The number of carbonyl (C=O) groups excluding carboxylic acids is 1. The fraction of sp³-hybridized carbons (Fsp3) is 0.400. The molecule has 0 saturated carbocycles. The van der Waals surface area contributed by atoms with Crippen LogP contribution in [0.2, 0.25) is 0 Å². The fourth-order valence-corrected chi connectivity index (χ4v) is 2.53. The molecule has 5 heteroatoms. The van der Waals surface area contributed by atoms with E-state index in [0.29, 0.717) is 5.89 Å². The maximum atomic E-state index is 12.6. The number of hydrogen-bond acceptors (Lipinski definition) is 4. The van der Waals surface area contributed by atoms with Gasteiger partial charge >= 0.3 is 11.8 Å². The van der Waals surface area contributed by atoms with E-state index in [9.17, 15) is 4.79 Å². The van der Waals surface area contributed by atoms with Gasteiger partial charge in [0.25, 0.3) is 0 Å². The highest BCUT2D eigenvalue weighted by Crippen LogP contribution is 2.32. The van der Waals surface area contributed by atoms with Crippen molar-refractivity contribution in [3.8, 4) is 0 Å². The van der Waals surface area contributed by atoms with Crippen LogP contribution in [0, 0.1) is 0 Å². The van der Waals surface area contributed by atoms with Gasteiger partial charge in [-0.05, 0) is 25.0 Å². The number of anilines is 1. The van der Waals surface area contributed by atoms with E-state index in [0.717, 1.165) is 12.1 Å². The van der Waals surface area contributed by atoms with Gasteiger partial charge in [0.1, 0.15) is 0 Å². The maximum absolute atomic E-state index is 12.6. The second kappa shape index (κ2) is 4.74. The number of nitrogens with zero attached hydrogens (tertiary/aromatic N) is 3. The predicted octanol–water partition coefficient (Wildman–Crippen LogP) is 2.78. The summed E-state index contributed by atoms with van der Waals surface area (Å²) in [5.41, 5.74) is 2.12. The third kappa shape index (κ3) is 1.99. The third-order valence-corrected chi connectivity index (χ3v) is 3.54. The van der Waals surface area contributed by atoms with Gasteiger partial charge in [0, 0.05) is 17.6 Å². The summed E-state index contributed by atoms with van der Waals surface area (Å²) in [5.74, 6) is 0.458. The SMILES string of the molecule is CC(C)c1nnc(C(=O)N2c3ccccc3CC2C)o1. The normalized spacial score (nSPS) is 17.6. The van der Waals surface area contributed by atoms with Gasteiger partial charge in [-0.15, -0.1) is 10.2 Å². The molecule has 104 valence electrons. The minimum absolute atomic E-state index is 0.0669. The fourth-order valence-electron chi connectivity index (χ4n) is 2.53. The van der Waals surface area contributed by atoms with E-state index < -0.39 is 0 Å². The molecule has 1 aliphatic heterocycles. The monoisotopic (exact) mass is 271 g/mol. The number of benzene rings is 1. The van der Waals surface area contributed by atoms with Gasteiger partial charge in [-0.3, -0.25) is 4.79 Å². The Labute approximate surface area is 117 Å². The molecular formula is C15H17N3O2. The highest BCUT2D eigenvalue weighted by atomic mass is 16.4. The van der Waals surface area contributed by atoms with Gasteiger partial charge in [-0.1, -0.05) is 32.0 Å². The number of rotatable bonds is 2. The smallest absolute Gasteiger partial charge is 0.316 e. The van der Waals surface area contributed by atoms with Gasteiger partial charge in [0.15, 0.2) is 0 Å². The van der Waals surface area contributed by atoms with Gasteiger partial charge in [0.2, 0.25) is 5.89 Å². The molecule has 2 heterocycles. The van der Waals surface area contributed by atoms with E-state index in [2.05, 4.69) is 10.2 Å². The first-order chi connectivity index (χ1) is 9.58. The number of carbonyl (C=O) groups is 1. The average molecular weight is 271 g/mol. The summed E-state index contributed by atoms with van der Waals surface area (Å²) in [6, 6.07) is 8.03. The zero-order valence-corrected chi connectivity index (χ0v) is 11.8. The first-order valence-electron chi connectivity index (χ1n) is 6.82. The highest BCUT2D eigenvalue weighted by molar-refractivity contribution is 6.04. The molecule has 0 radical (unpaired) electrons. The lowest BCUT2D eigenvalue weighted by molar-refractivity contribution is 0.0946. The quantitative estimate of drug-likeness (QED) is 0.842. The Hall–Kier alpha value is -2.17. The van der Waals surface area contributed by atoms with Crippen molar-refractivity contribution in [1.29, 1.82) is 0 Å². The lowest BCUT2D eigenvalue weighted by atomic mass is 10.1. The topological polar surface area (TPSA) is 59.2 Å². The summed E-state index contributed by atoms with van der Waals surface area (Å²) >= 11 is 0. The Kier molecular flexibility index (Phi) is 3.04.